The van der Waals surface area contributed by atoms with Crippen LogP contribution in [-0.2, 0) is 9.59 Å². The van der Waals surface area contributed by atoms with Crippen molar-refractivity contribution < 1.29 is 29.0 Å². The third kappa shape index (κ3) is 6.55. The summed E-state index contributed by atoms with van der Waals surface area (Å²) in [6, 6.07) is 1.27. The van der Waals surface area contributed by atoms with Gasteiger partial charge >= 0.3 is 10.2 Å². The number of hydrogen-bond acceptors (Lipinski definition) is 5. The zero-order valence-corrected chi connectivity index (χ0v) is 22.3. The molecule has 1 aromatic carbocycles. The highest BCUT2D eigenvalue weighted by atomic mass is 35.5. The van der Waals surface area contributed by atoms with Crippen LogP contribution in [0.3, 0.4) is 0 Å². The van der Waals surface area contributed by atoms with Crippen molar-refractivity contribution in [2.24, 2.45) is 0 Å². The second-order valence-corrected chi connectivity index (χ2v) is 12.6. The molecule has 1 aromatic heterocycles. The largest absolute Gasteiger partial charge is 0.351 e. The number of nitrogens with one attached hydrogen (secondary N) is 1. The third-order valence-corrected chi connectivity index (χ3v) is 8.43. The SMILES string of the molecule is N#CN1CCCC1C(=O)N(c1ccc(S(F)(F)(F)(F)F)cc1Cl)C(C(=O)NC1CCCCC1)c1cccnc1. The predicted octanol–water partition coefficient (Wildman–Crippen LogP) is 6.86. The van der Waals surface area contributed by atoms with Gasteiger partial charge in [-0.2, -0.15) is 5.26 Å². The lowest BCUT2D eigenvalue weighted by atomic mass is 9.94. The van der Waals surface area contributed by atoms with Gasteiger partial charge in [-0.1, -0.05) is 56.4 Å². The van der Waals surface area contributed by atoms with E-state index < -0.39 is 44.0 Å². The van der Waals surface area contributed by atoms with E-state index in [1.165, 1.54) is 29.4 Å². The van der Waals surface area contributed by atoms with Gasteiger partial charge in [0.25, 0.3) is 5.91 Å². The summed E-state index contributed by atoms with van der Waals surface area (Å²) < 4.78 is 67.6. The fourth-order valence-electron chi connectivity index (χ4n) is 5.09. The molecule has 1 saturated carbocycles. The molecule has 14 heteroatoms. The van der Waals surface area contributed by atoms with Gasteiger partial charge in [-0.15, -0.1) is 0 Å². The fourth-order valence-corrected chi connectivity index (χ4v) is 6.10. The first-order chi connectivity index (χ1) is 18.2. The van der Waals surface area contributed by atoms with Gasteiger partial charge in [0.2, 0.25) is 5.91 Å². The van der Waals surface area contributed by atoms with Crippen LogP contribution in [0.4, 0.5) is 25.1 Å². The monoisotopic (exact) mass is 591 g/mol. The van der Waals surface area contributed by atoms with E-state index in [-0.39, 0.29) is 42.4 Å². The number of likely N-dealkylation sites (tertiary alicyclic amines) is 1. The zero-order chi connectivity index (χ0) is 28.5. The van der Waals surface area contributed by atoms with Crippen LogP contribution < -0.4 is 10.2 Å². The summed E-state index contributed by atoms with van der Waals surface area (Å²) in [6.45, 7) is 0.267. The maximum atomic E-state index is 14.0. The molecule has 0 radical (unpaired) electrons. The Labute approximate surface area is 227 Å². The minimum atomic E-state index is -10.1. The van der Waals surface area contributed by atoms with Crippen molar-refractivity contribution in [3.63, 3.8) is 0 Å². The van der Waals surface area contributed by atoms with Gasteiger partial charge < -0.3 is 5.32 Å². The van der Waals surface area contributed by atoms with Gasteiger partial charge in [0.1, 0.15) is 17.0 Å². The number of carbonyl (C=O) groups is 2. The number of nitriles is 1. The molecule has 0 spiro atoms. The van der Waals surface area contributed by atoms with Crippen LogP contribution in [0, 0.1) is 11.5 Å². The molecular formula is C25H27ClF5N5O2S. The first-order valence-electron chi connectivity index (χ1n) is 12.4. The molecule has 1 N–H and O–H groups in total. The van der Waals surface area contributed by atoms with Gasteiger partial charge in [-0.3, -0.25) is 24.4 Å². The molecule has 2 atom stereocenters. The van der Waals surface area contributed by atoms with Gasteiger partial charge in [-0.25, -0.2) is 0 Å². The Morgan fingerprint density at radius 1 is 1.10 bits per heavy atom. The standard InChI is InChI=1S/C25H27ClF5N5O2S/c26-20-14-19(39(27,28,29,30)31)10-11-21(20)36(25(38)22-9-5-13-35(22)16-32)23(17-6-4-12-33-15-17)24(37)34-18-7-2-1-3-8-18/h4,6,10-12,14-15,18,22-23H,1-3,5,7-9,13H2,(H,34,37). The van der Waals surface area contributed by atoms with E-state index in [2.05, 4.69) is 10.3 Å². The molecule has 2 amide bonds. The third-order valence-electron chi connectivity index (χ3n) is 6.99. The Morgan fingerprint density at radius 2 is 1.82 bits per heavy atom. The van der Waals surface area contributed by atoms with Crippen molar-refractivity contribution in [3.05, 3.63) is 53.3 Å². The normalized spacial score (nSPS) is 20.8. The fraction of sp³-hybridized carbons (Fsp3) is 0.440. The molecule has 2 heterocycles. The lowest BCUT2D eigenvalue weighted by Gasteiger charge is -2.41. The second kappa shape index (κ2) is 10.1. The maximum Gasteiger partial charge on any atom is 0.310 e. The summed E-state index contributed by atoms with van der Waals surface area (Å²) in [7, 11) is -10.1. The summed E-state index contributed by atoms with van der Waals surface area (Å²) in [5, 5.41) is 11.7. The van der Waals surface area contributed by atoms with Gasteiger partial charge in [0, 0.05) is 30.5 Å². The van der Waals surface area contributed by atoms with Gasteiger partial charge in [-0.05, 0) is 49.9 Å². The van der Waals surface area contributed by atoms with E-state index in [9.17, 15) is 34.3 Å². The minimum absolute atomic E-state index is 0.0643. The van der Waals surface area contributed by atoms with E-state index in [0.29, 0.717) is 25.3 Å². The first-order valence-corrected chi connectivity index (χ1v) is 14.8. The lowest BCUT2D eigenvalue weighted by Crippen LogP contribution is -2.51. The highest BCUT2D eigenvalue weighted by Gasteiger charge is 2.65. The Bertz CT molecular complexity index is 1290. The molecule has 39 heavy (non-hydrogen) atoms. The maximum absolute atomic E-state index is 14.0. The summed E-state index contributed by atoms with van der Waals surface area (Å²) >= 11 is 6.17. The number of halogens is 6. The predicted molar refractivity (Wildman–Crippen MR) is 138 cm³/mol. The molecule has 7 nitrogen and oxygen atoms in total. The number of pyridine rings is 1. The van der Waals surface area contributed by atoms with E-state index >= 15 is 0 Å². The van der Waals surface area contributed by atoms with E-state index in [0.717, 1.165) is 24.2 Å². The molecule has 0 bridgehead atoms. The average Bonchev–Trinajstić information content (AvgIpc) is 3.36. The molecule has 212 valence electrons. The molecular weight excluding hydrogens is 565 g/mol. The molecule has 2 fully saturated rings. The van der Waals surface area contributed by atoms with Crippen molar-refractivity contribution in [3.8, 4) is 6.19 Å². The Morgan fingerprint density at radius 3 is 2.41 bits per heavy atom. The van der Waals surface area contributed by atoms with Crippen molar-refractivity contribution in [2.45, 2.75) is 68.0 Å². The van der Waals surface area contributed by atoms with Crippen LogP contribution in [0.2, 0.25) is 5.02 Å². The Balaban J connectivity index is 1.85. The summed E-state index contributed by atoms with van der Waals surface area (Å²) in [5.74, 6) is -1.40. The number of nitrogens with zero attached hydrogens (tertiary/aromatic N) is 4. The van der Waals surface area contributed by atoms with E-state index in [4.69, 9.17) is 11.6 Å². The van der Waals surface area contributed by atoms with Gasteiger partial charge in [0.15, 0.2) is 6.19 Å². The molecule has 2 aromatic rings. The number of rotatable bonds is 7. The van der Waals surface area contributed by atoms with Crippen LogP contribution in [0.5, 0.6) is 0 Å². The van der Waals surface area contributed by atoms with E-state index in [1.807, 2.05) is 6.19 Å². The summed E-state index contributed by atoms with van der Waals surface area (Å²) in [6.07, 6.45) is 9.66. The lowest BCUT2D eigenvalue weighted by molar-refractivity contribution is -0.128. The second-order valence-electron chi connectivity index (χ2n) is 9.77. The van der Waals surface area contributed by atoms with Crippen molar-refractivity contribution >= 4 is 39.3 Å². The van der Waals surface area contributed by atoms with Crippen LogP contribution in [0.1, 0.15) is 56.6 Å². The highest BCUT2D eigenvalue weighted by Crippen LogP contribution is 3.02. The molecule has 2 aliphatic rings. The van der Waals surface area contributed by atoms with E-state index in [1.54, 1.807) is 0 Å². The van der Waals surface area contributed by atoms with Crippen LogP contribution in [0.25, 0.3) is 0 Å². The van der Waals surface area contributed by atoms with Crippen LogP contribution in [-0.4, -0.2) is 40.3 Å². The minimum Gasteiger partial charge on any atom is -0.351 e. The quantitative estimate of drug-likeness (QED) is 0.281. The van der Waals surface area contributed by atoms with Crippen molar-refractivity contribution in [1.82, 2.24) is 15.2 Å². The number of aromatic nitrogens is 1. The zero-order valence-electron chi connectivity index (χ0n) is 20.7. The molecule has 4 rings (SSSR count). The first kappa shape index (κ1) is 28.9. The summed E-state index contributed by atoms with van der Waals surface area (Å²) in [5.41, 5.74) is -0.141. The molecule has 1 aliphatic carbocycles. The molecule has 2 unspecified atom stereocenters. The Hall–Kier alpha value is -3.11. The van der Waals surface area contributed by atoms with Crippen LogP contribution >= 0.6 is 21.8 Å². The van der Waals surface area contributed by atoms with Crippen molar-refractivity contribution in [1.29, 1.82) is 5.26 Å². The van der Waals surface area contributed by atoms with Gasteiger partial charge in [0.05, 0.1) is 10.7 Å². The number of hydrogen-bond donors (Lipinski definition) is 1. The highest BCUT2D eigenvalue weighted by molar-refractivity contribution is 8.45. The number of anilines is 1. The van der Waals surface area contributed by atoms with Crippen molar-refractivity contribution in [2.75, 3.05) is 11.4 Å². The molecule has 1 saturated heterocycles. The number of amides is 2. The molecule has 1 aliphatic heterocycles. The smallest absolute Gasteiger partial charge is 0.310 e. The Kier molecular flexibility index (Phi) is 7.50. The number of benzene rings is 1. The average molecular weight is 592 g/mol. The number of carbonyl (C=O) groups excluding carboxylic acids is 2. The topological polar surface area (TPSA) is 89.3 Å². The van der Waals surface area contributed by atoms with Crippen LogP contribution in [0.15, 0.2) is 47.6 Å². The summed E-state index contributed by atoms with van der Waals surface area (Å²) in [4.78, 5) is 31.7.